The molecule has 8 heteroatoms. The molecular formula is C20H16F3N3O2. The molecule has 1 aliphatic rings. The van der Waals surface area contributed by atoms with Crippen molar-refractivity contribution in [3.8, 4) is 11.3 Å². The molecule has 0 N–H and O–H groups in total. The van der Waals surface area contributed by atoms with E-state index in [2.05, 4.69) is 10.1 Å². The molecule has 0 bridgehead atoms. The highest BCUT2D eigenvalue weighted by Gasteiger charge is 2.25. The Morgan fingerprint density at radius 2 is 1.61 bits per heavy atom. The van der Waals surface area contributed by atoms with Crippen LogP contribution >= 0.6 is 0 Å². The fourth-order valence-corrected chi connectivity index (χ4v) is 3.14. The smallest absolute Gasteiger partial charge is 0.276 e. The average Bonchev–Trinajstić information content (AvgIpc) is 3.20. The van der Waals surface area contributed by atoms with Crippen molar-refractivity contribution in [3.05, 3.63) is 71.7 Å². The molecule has 1 aromatic heterocycles. The quantitative estimate of drug-likeness (QED) is 0.687. The van der Waals surface area contributed by atoms with Gasteiger partial charge in [-0.3, -0.25) is 4.79 Å². The van der Waals surface area contributed by atoms with Gasteiger partial charge in [0.2, 0.25) is 0 Å². The van der Waals surface area contributed by atoms with Crippen LogP contribution in [-0.2, 0) is 0 Å². The molecule has 0 saturated carbocycles. The summed E-state index contributed by atoms with van der Waals surface area (Å²) in [7, 11) is 0. The predicted molar refractivity (Wildman–Crippen MR) is 96.4 cm³/mol. The molecular weight excluding hydrogens is 371 g/mol. The summed E-state index contributed by atoms with van der Waals surface area (Å²) in [6, 6.07) is 11.0. The maximum Gasteiger partial charge on any atom is 0.276 e. The van der Waals surface area contributed by atoms with Gasteiger partial charge in [-0.05, 0) is 42.5 Å². The maximum atomic E-state index is 13.4. The van der Waals surface area contributed by atoms with E-state index in [9.17, 15) is 18.0 Å². The standard InChI is InChI=1S/C20H16F3N3O2/c21-14-2-4-15(5-3-14)25-7-9-26(10-8-25)20(27)18-12-19(28-24-18)13-1-6-16(22)17(23)11-13/h1-6,11-12H,7-10H2. The van der Waals surface area contributed by atoms with Crippen LogP contribution in [0.2, 0.25) is 0 Å². The topological polar surface area (TPSA) is 49.6 Å². The largest absolute Gasteiger partial charge is 0.368 e. The number of anilines is 1. The van der Waals surface area contributed by atoms with Crippen LogP contribution in [-0.4, -0.2) is 42.1 Å². The minimum atomic E-state index is -1.00. The van der Waals surface area contributed by atoms with Crippen molar-refractivity contribution in [1.29, 1.82) is 0 Å². The van der Waals surface area contributed by atoms with E-state index in [1.165, 1.54) is 24.3 Å². The molecule has 1 aliphatic heterocycles. The number of hydrogen-bond acceptors (Lipinski definition) is 4. The summed E-state index contributed by atoms with van der Waals surface area (Å²) in [5.74, 6) is -2.36. The number of halogens is 3. The van der Waals surface area contributed by atoms with E-state index in [0.717, 1.165) is 17.8 Å². The van der Waals surface area contributed by atoms with Crippen LogP contribution in [0.15, 0.2) is 53.1 Å². The second kappa shape index (κ2) is 7.38. The number of aromatic nitrogens is 1. The second-order valence-electron chi connectivity index (χ2n) is 6.46. The zero-order chi connectivity index (χ0) is 19.7. The van der Waals surface area contributed by atoms with E-state index in [4.69, 9.17) is 4.52 Å². The molecule has 2 heterocycles. The van der Waals surface area contributed by atoms with E-state index in [-0.39, 0.29) is 23.2 Å². The van der Waals surface area contributed by atoms with E-state index in [1.807, 2.05) is 0 Å². The van der Waals surface area contributed by atoms with Crippen molar-refractivity contribution in [2.75, 3.05) is 31.1 Å². The molecule has 28 heavy (non-hydrogen) atoms. The van der Waals surface area contributed by atoms with Crippen LogP contribution in [0.5, 0.6) is 0 Å². The number of piperazine rings is 1. The highest BCUT2D eigenvalue weighted by atomic mass is 19.2. The molecule has 5 nitrogen and oxygen atoms in total. The highest BCUT2D eigenvalue weighted by Crippen LogP contribution is 2.23. The molecule has 0 atom stereocenters. The van der Waals surface area contributed by atoms with Crippen LogP contribution in [0.1, 0.15) is 10.5 Å². The van der Waals surface area contributed by atoms with Crippen LogP contribution in [0.4, 0.5) is 18.9 Å². The summed E-state index contributed by atoms with van der Waals surface area (Å²) < 4.78 is 44.6. The fraction of sp³-hybridized carbons (Fsp3) is 0.200. The van der Waals surface area contributed by atoms with Crippen molar-refractivity contribution >= 4 is 11.6 Å². The van der Waals surface area contributed by atoms with Crippen molar-refractivity contribution in [1.82, 2.24) is 10.1 Å². The first kappa shape index (κ1) is 18.1. The minimum Gasteiger partial charge on any atom is -0.368 e. The van der Waals surface area contributed by atoms with Gasteiger partial charge in [0, 0.05) is 43.5 Å². The SMILES string of the molecule is O=C(c1cc(-c2ccc(F)c(F)c2)on1)N1CCN(c2ccc(F)cc2)CC1. The number of benzene rings is 2. The molecule has 4 rings (SSSR count). The van der Waals surface area contributed by atoms with E-state index < -0.39 is 11.6 Å². The highest BCUT2D eigenvalue weighted by molar-refractivity contribution is 5.93. The molecule has 0 spiro atoms. The monoisotopic (exact) mass is 387 g/mol. The van der Waals surface area contributed by atoms with E-state index in [1.54, 1.807) is 17.0 Å². The van der Waals surface area contributed by atoms with Crippen molar-refractivity contribution in [2.24, 2.45) is 0 Å². The normalized spacial score (nSPS) is 14.4. The number of rotatable bonds is 3. The summed E-state index contributed by atoms with van der Waals surface area (Å²) >= 11 is 0. The van der Waals surface area contributed by atoms with Crippen molar-refractivity contribution in [3.63, 3.8) is 0 Å². The zero-order valence-corrected chi connectivity index (χ0v) is 14.7. The van der Waals surface area contributed by atoms with Gasteiger partial charge in [-0.25, -0.2) is 13.2 Å². The van der Waals surface area contributed by atoms with Gasteiger partial charge in [-0.1, -0.05) is 5.16 Å². The van der Waals surface area contributed by atoms with Crippen molar-refractivity contribution < 1.29 is 22.5 Å². The van der Waals surface area contributed by atoms with Gasteiger partial charge < -0.3 is 14.3 Å². The van der Waals surface area contributed by atoms with Crippen LogP contribution in [0, 0.1) is 17.5 Å². The molecule has 1 amide bonds. The van der Waals surface area contributed by atoms with Crippen LogP contribution in [0.3, 0.4) is 0 Å². The molecule has 1 saturated heterocycles. The second-order valence-corrected chi connectivity index (χ2v) is 6.46. The van der Waals surface area contributed by atoms with Gasteiger partial charge >= 0.3 is 0 Å². The van der Waals surface area contributed by atoms with Gasteiger partial charge in [-0.2, -0.15) is 0 Å². The lowest BCUT2D eigenvalue weighted by atomic mass is 10.1. The third-order valence-electron chi connectivity index (χ3n) is 4.69. The third-order valence-corrected chi connectivity index (χ3v) is 4.69. The van der Waals surface area contributed by atoms with Gasteiger partial charge in [0.1, 0.15) is 5.82 Å². The van der Waals surface area contributed by atoms with Gasteiger partial charge in [0.05, 0.1) is 0 Å². The first-order chi connectivity index (χ1) is 13.5. The predicted octanol–water partition coefficient (Wildman–Crippen LogP) is 3.72. The minimum absolute atomic E-state index is 0.106. The number of hydrogen-bond donors (Lipinski definition) is 0. The summed E-state index contributed by atoms with van der Waals surface area (Å²) in [6.45, 7) is 2.16. The van der Waals surface area contributed by atoms with Crippen molar-refractivity contribution in [2.45, 2.75) is 0 Å². The van der Waals surface area contributed by atoms with Gasteiger partial charge in [-0.15, -0.1) is 0 Å². The number of nitrogens with zero attached hydrogens (tertiary/aromatic N) is 3. The van der Waals surface area contributed by atoms with E-state index >= 15 is 0 Å². The number of amides is 1. The Bertz CT molecular complexity index is 996. The lowest BCUT2D eigenvalue weighted by Crippen LogP contribution is -2.48. The Hall–Kier alpha value is -3.29. The summed E-state index contributed by atoms with van der Waals surface area (Å²) in [5.41, 5.74) is 1.30. The lowest BCUT2D eigenvalue weighted by molar-refractivity contribution is 0.0736. The summed E-state index contributed by atoms with van der Waals surface area (Å²) in [4.78, 5) is 16.4. The zero-order valence-electron chi connectivity index (χ0n) is 14.7. The average molecular weight is 387 g/mol. The first-order valence-corrected chi connectivity index (χ1v) is 8.73. The molecule has 1 fully saturated rings. The Morgan fingerprint density at radius 1 is 0.893 bits per heavy atom. The Morgan fingerprint density at radius 3 is 2.29 bits per heavy atom. The Labute approximate surface area is 159 Å². The first-order valence-electron chi connectivity index (χ1n) is 8.73. The summed E-state index contributed by atoms with van der Waals surface area (Å²) in [5, 5.41) is 3.77. The maximum absolute atomic E-state index is 13.4. The third kappa shape index (κ3) is 3.58. The Kier molecular flexibility index (Phi) is 4.77. The van der Waals surface area contributed by atoms with Gasteiger partial charge in [0.25, 0.3) is 5.91 Å². The molecule has 0 aliphatic carbocycles. The molecule has 0 unspecified atom stereocenters. The van der Waals surface area contributed by atoms with Crippen LogP contribution in [0.25, 0.3) is 11.3 Å². The van der Waals surface area contributed by atoms with Crippen LogP contribution < -0.4 is 4.90 Å². The molecule has 2 aromatic carbocycles. The Balaban J connectivity index is 1.42. The lowest BCUT2D eigenvalue weighted by Gasteiger charge is -2.35. The van der Waals surface area contributed by atoms with E-state index in [0.29, 0.717) is 31.7 Å². The number of carbonyl (C=O) groups is 1. The van der Waals surface area contributed by atoms with Gasteiger partial charge in [0.15, 0.2) is 23.1 Å². The summed E-state index contributed by atoms with van der Waals surface area (Å²) in [6.07, 6.45) is 0. The number of carbonyl (C=O) groups excluding carboxylic acids is 1. The molecule has 3 aromatic rings. The fourth-order valence-electron chi connectivity index (χ4n) is 3.14. The molecule has 0 radical (unpaired) electrons. The molecule has 144 valence electrons.